The molecule has 0 aliphatic rings. The zero-order valence-corrected chi connectivity index (χ0v) is 11.1. The summed E-state index contributed by atoms with van der Waals surface area (Å²) in [4.78, 5) is 17.8. The first-order valence-electron chi connectivity index (χ1n) is 5.31. The Kier molecular flexibility index (Phi) is 4.42. The van der Waals surface area contributed by atoms with Crippen molar-refractivity contribution in [2.75, 3.05) is 13.2 Å². The van der Waals surface area contributed by atoms with Crippen molar-refractivity contribution in [3.8, 4) is 0 Å². The van der Waals surface area contributed by atoms with Crippen LogP contribution in [0.2, 0.25) is 0 Å². The van der Waals surface area contributed by atoms with E-state index in [4.69, 9.17) is 4.74 Å². The van der Waals surface area contributed by atoms with Gasteiger partial charge in [-0.2, -0.15) is 0 Å². The largest absolute Gasteiger partial charge is 0.373 e. The van der Waals surface area contributed by atoms with Crippen LogP contribution >= 0.6 is 22.7 Å². The lowest BCUT2D eigenvalue weighted by atomic mass is 10.3. The van der Waals surface area contributed by atoms with E-state index >= 15 is 0 Å². The molecule has 0 bridgehead atoms. The van der Waals surface area contributed by atoms with Crippen molar-refractivity contribution in [2.45, 2.75) is 13.3 Å². The van der Waals surface area contributed by atoms with Crippen molar-refractivity contribution < 1.29 is 9.53 Å². The fourth-order valence-corrected chi connectivity index (χ4v) is 2.82. The van der Waals surface area contributed by atoms with Gasteiger partial charge in [0.25, 0.3) is 0 Å². The molecule has 5 heteroatoms. The summed E-state index contributed by atoms with van der Waals surface area (Å²) in [6, 6.07) is 3.70. The number of Topliss-reactive ketones (excluding diaryl/α,β-unsaturated/α-hetero) is 1. The first-order valence-corrected chi connectivity index (χ1v) is 7.06. The Morgan fingerprint density at radius 1 is 1.47 bits per heavy atom. The summed E-state index contributed by atoms with van der Waals surface area (Å²) in [7, 11) is 0. The predicted octanol–water partition coefficient (Wildman–Crippen LogP) is 2.96. The highest BCUT2D eigenvalue weighted by Crippen LogP contribution is 2.13. The third-order valence-corrected chi connectivity index (χ3v) is 4.25. The fourth-order valence-electron chi connectivity index (χ4n) is 1.40. The molecular weight excluding hydrogens is 254 g/mol. The Balaban J connectivity index is 1.70. The van der Waals surface area contributed by atoms with Crippen LogP contribution in [-0.2, 0) is 11.2 Å². The lowest BCUT2D eigenvalue weighted by Crippen LogP contribution is -2.09. The molecule has 2 heterocycles. The summed E-state index contributed by atoms with van der Waals surface area (Å²) in [6.45, 7) is 2.72. The van der Waals surface area contributed by atoms with Crippen LogP contribution < -0.4 is 0 Å². The van der Waals surface area contributed by atoms with Gasteiger partial charge in [-0.1, -0.05) is 6.07 Å². The summed E-state index contributed by atoms with van der Waals surface area (Å²) in [5.74, 6) is 0.0565. The van der Waals surface area contributed by atoms with E-state index in [0.29, 0.717) is 6.61 Å². The molecule has 0 aliphatic carbocycles. The number of thiazole rings is 1. The van der Waals surface area contributed by atoms with E-state index < -0.39 is 0 Å². The minimum absolute atomic E-state index is 0.0565. The van der Waals surface area contributed by atoms with Crippen LogP contribution in [0.15, 0.2) is 23.0 Å². The molecule has 0 radical (unpaired) electrons. The molecule has 0 aliphatic heterocycles. The molecule has 2 aromatic heterocycles. The third-order valence-electron chi connectivity index (χ3n) is 2.35. The van der Waals surface area contributed by atoms with Crippen LogP contribution in [0.25, 0.3) is 0 Å². The van der Waals surface area contributed by atoms with E-state index in [0.717, 1.165) is 17.0 Å². The van der Waals surface area contributed by atoms with Crippen LogP contribution in [0.4, 0.5) is 0 Å². The molecule has 0 saturated carbocycles. The normalized spacial score (nSPS) is 10.6. The highest BCUT2D eigenvalue weighted by molar-refractivity contribution is 7.12. The minimum Gasteiger partial charge on any atom is -0.373 e. The van der Waals surface area contributed by atoms with Gasteiger partial charge in [0.15, 0.2) is 5.78 Å². The van der Waals surface area contributed by atoms with Crippen molar-refractivity contribution in [1.82, 2.24) is 4.98 Å². The first kappa shape index (κ1) is 12.4. The number of thiophene rings is 1. The van der Waals surface area contributed by atoms with Gasteiger partial charge in [-0.05, 0) is 18.4 Å². The molecule has 3 nitrogen and oxygen atoms in total. The van der Waals surface area contributed by atoms with Gasteiger partial charge in [-0.25, -0.2) is 4.98 Å². The quantitative estimate of drug-likeness (QED) is 0.596. The zero-order chi connectivity index (χ0) is 12.1. The van der Waals surface area contributed by atoms with Crippen LogP contribution in [0.3, 0.4) is 0 Å². The van der Waals surface area contributed by atoms with Gasteiger partial charge >= 0.3 is 0 Å². The van der Waals surface area contributed by atoms with Gasteiger partial charge in [0, 0.05) is 11.3 Å². The molecule has 17 heavy (non-hydrogen) atoms. The molecule has 0 amide bonds. The molecular formula is C12H13NO2S2. The number of hydrogen-bond donors (Lipinski definition) is 0. The standard InChI is InChI=1S/C12H13NO2S2/c1-9-11(17-8-13-9)4-5-15-7-10(14)12-3-2-6-16-12/h2-3,6,8H,4-5,7H2,1H3. The molecule has 0 fully saturated rings. The van der Waals surface area contributed by atoms with E-state index in [1.165, 1.54) is 16.2 Å². The van der Waals surface area contributed by atoms with Gasteiger partial charge in [-0.15, -0.1) is 22.7 Å². The highest BCUT2D eigenvalue weighted by atomic mass is 32.1. The second-order valence-electron chi connectivity index (χ2n) is 3.56. The second kappa shape index (κ2) is 6.05. The van der Waals surface area contributed by atoms with E-state index in [2.05, 4.69) is 4.98 Å². The number of aryl methyl sites for hydroxylation is 1. The molecule has 2 aromatic rings. The van der Waals surface area contributed by atoms with Crippen LogP contribution in [-0.4, -0.2) is 24.0 Å². The van der Waals surface area contributed by atoms with Crippen molar-refractivity contribution in [3.05, 3.63) is 38.5 Å². The van der Waals surface area contributed by atoms with Crippen molar-refractivity contribution >= 4 is 28.5 Å². The van der Waals surface area contributed by atoms with Crippen LogP contribution in [0.5, 0.6) is 0 Å². The number of ether oxygens (including phenoxy) is 1. The molecule has 90 valence electrons. The lowest BCUT2D eigenvalue weighted by molar-refractivity contribution is 0.0770. The SMILES string of the molecule is Cc1ncsc1CCOCC(=O)c1cccs1. The fraction of sp³-hybridized carbons (Fsp3) is 0.333. The molecule has 0 saturated heterocycles. The summed E-state index contributed by atoms with van der Waals surface area (Å²) in [5, 5.41) is 1.90. The topological polar surface area (TPSA) is 39.2 Å². The molecule has 0 spiro atoms. The third kappa shape index (κ3) is 3.46. The molecule has 0 unspecified atom stereocenters. The molecule has 0 N–H and O–H groups in total. The molecule has 2 rings (SSSR count). The number of hydrogen-bond acceptors (Lipinski definition) is 5. The number of carbonyl (C=O) groups excluding carboxylic acids is 1. The summed E-state index contributed by atoms with van der Waals surface area (Å²) in [6.07, 6.45) is 0.828. The van der Waals surface area contributed by atoms with Crippen LogP contribution in [0, 0.1) is 6.92 Å². The molecule has 0 aromatic carbocycles. The summed E-state index contributed by atoms with van der Waals surface area (Å²) < 4.78 is 5.38. The average molecular weight is 267 g/mol. The number of ketones is 1. The van der Waals surface area contributed by atoms with Crippen molar-refractivity contribution in [3.63, 3.8) is 0 Å². The van der Waals surface area contributed by atoms with Gasteiger partial charge in [0.1, 0.15) is 6.61 Å². The maximum Gasteiger partial charge on any atom is 0.198 e. The number of aromatic nitrogens is 1. The Labute approximate surface area is 108 Å². The number of carbonyl (C=O) groups is 1. The van der Waals surface area contributed by atoms with E-state index in [-0.39, 0.29) is 12.4 Å². The zero-order valence-electron chi connectivity index (χ0n) is 9.51. The Morgan fingerprint density at radius 3 is 3.00 bits per heavy atom. The Morgan fingerprint density at radius 2 is 2.35 bits per heavy atom. The second-order valence-corrected chi connectivity index (χ2v) is 5.45. The van der Waals surface area contributed by atoms with Crippen molar-refractivity contribution in [1.29, 1.82) is 0 Å². The predicted molar refractivity (Wildman–Crippen MR) is 70.0 cm³/mol. The van der Waals surface area contributed by atoms with Crippen LogP contribution in [0.1, 0.15) is 20.2 Å². The average Bonchev–Trinajstić information content (AvgIpc) is 2.96. The van der Waals surface area contributed by atoms with Gasteiger partial charge in [0.05, 0.1) is 22.7 Å². The Hall–Kier alpha value is -1.04. The van der Waals surface area contributed by atoms with Crippen molar-refractivity contribution in [2.24, 2.45) is 0 Å². The summed E-state index contributed by atoms with van der Waals surface area (Å²) >= 11 is 3.08. The van der Waals surface area contributed by atoms with E-state index in [1.54, 1.807) is 11.3 Å². The first-order chi connectivity index (χ1) is 8.27. The number of nitrogens with zero attached hydrogens (tertiary/aromatic N) is 1. The van der Waals surface area contributed by atoms with Gasteiger partial charge < -0.3 is 4.74 Å². The summed E-state index contributed by atoms with van der Waals surface area (Å²) in [5.41, 5.74) is 2.89. The van der Waals surface area contributed by atoms with E-state index in [9.17, 15) is 4.79 Å². The lowest BCUT2D eigenvalue weighted by Gasteiger charge is -2.01. The smallest absolute Gasteiger partial charge is 0.198 e. The monoisotopic (exact) mass is 267 g/mol. The minimum atomic E-state index is 0.0565. The number of rotatable bonds is 6. The Bertz CT molecular complexity index is 476. The maximum atomic E-state index is 11.6. The maximum absolute atomic E-state index is 11.6. The van der Waals surface area contributed by atoms with Gasteiger partial charge in [0.2, 0.25) is 0 Å². The van der Waals surface area contributed by atoms with E-state index in [1.807, 2.05) is 29.9 Å². The highest BCUT2D eigenvalue weighted by Gasteiger charge is 2.07. The molecule has 0 atom stereocenters. The van der Waals surface area contributed by atoms with Gasteiger partial charge in [-0.3, -0.25) is 4.79 Å².